The molecule has 0 radical (unpaired) electrons. The van der Waals surface area contributed by atoms with Gasteiger partial charge in [-0.3, -0.25) is 0 Å². The third-order valence-electron chi connectivity index (χ3n) is 1.76. The molecule has 1 N–H and O–H groups in total. The second-order valence-electron chi connectivity index (χ2n) is 2.66. The van der Waals surface area contributed by atoms with Crippen molar-refractivity contribution in [2.75, 3.05) is 0 Å². The highest BCUT2D eigenvalue weighted by atomic mass is 79.9. The molecule has 0 saturated heterocycles. The fraction of sp³-hybridized carbons (Fsp3) is 0.111. The molecule has 0 saturated carbocycles. The predicted octanol–water partition coefficient (Wildman–Crippen LogP) is 3.22. The minimum absolute atomic E-state index is 0.758. The van der Waals surface area contributed by atoms with Crippen LogP contribution in [0.1, 0.15) is 11.7 Å². The van der Waals surface area contributed by atoms with Crippen molar-refractivity contribution < 1.29 is 22.7 Å². The van der Waals surface area contributed by atoms with Gasteiger partial charge in [-0.05, 0) is 15.9 Å². The van der Waals surface area contributed by atoms with Crippen LogP contribution in [0.5, 0.6) is 0 Å². The molecule has 6 heteroatoms. The third-order valence-corrected chi connectivity index (χ3v) is 2.46. The third kappa shape index (κ3) is 1.91. The first kappa shape index (κ1) is 12.2. The number of hydrogen-bond donors (Lipinski definition) is 1. The van der Waals surface area contributed by atoms with Gasteiger partial charge in [-0.2, -0.15) is 0 Å². The van der Waals surface area contributed by atoms with E-state index in [9.17, 15) is 17.6 Å². The maximum absolute atomic E-state index is 13.1. The van der Waals surface area contributed by atoms with Crippen LogP contribution in [0.15, 0.2) is 17.1 Å². The first-order chi connectivity index (χ1) is 6.91. The number of aliphatic hydroxyl groups excluding tert-OH is 1. The minimum Gasteiger partial charge on any atom is -0.384 e. The average molecular weight is 285 g/mol. The molecule has 0 amide bonds. The van der Waals surface area contributed by atoms with Gasteiger partial charge >= 0.3 is 0 Å². The van der Waals surface area contributed by atoms with Gasteiger partial charge in [0.2, 0.25) is 0 Å². The number of halogens is 5. The summed E-state index contributed by atoms with van der Waals surface area (Å²) in [5, 5.41) is 9.08. The van der Waals surface area contributed by atoms with Crippen LogP contribution in [0.3, 0.4) is 0 Å². The van der Waals surface area contributed by atoms with Crippen LogP contribution in [-0.2, 0) is 0 Å². The van der Waals surface area contributed by atoms with Crippen LogP contribution in [0.4, 0.5) is 17.6 Å². The zero-order valence-electron chi connectivity index (χ0n) is 7.20. The number of aliphatic hydroxyl groups is 1. The Bertz CT molecular complexity index is 390. The molecule has 1 atom stereocenters. The number of hydrogen-bond acceptors (Lipinski definition) is 1. The Morgan fingerprint density at radius 1 is 1.07 bits per heavy atom. The van der Waals surface area contributed by atoms with Gasteiger partial charge in [-0.25, -0.2) is 17.6 Å². The van der Waals surface area contributed by atoms with E-state index in [-0.39, 0.29) is 0 Å². The Kier molecular flexibility index (Phi) is 3.51. The van der Waals surface area contributed by atoms with E-state index in [1.165, 1.54) is 0 Å². The summed E-state index contributed by atoms with van der Waals surface area (Å²) in [5.74, 6) is -6.48. The van der Waals surface area contributed by atoms with E-state index in [2.05, 4.69) is 22.5 Å². The number of rotatable bonds is 2. The largest absolute Gasteiger partial charge is 0.384 e. The van der Waals surface area contributed by atoms with Crippen LogP contribution in [0, 0.1) is 23.3 Å². The fourth-order valence-electron chi connectivity index (χ4n) is 0.999. The normalized spacial score (nSPS) is 12.7. The molecule has 1 rings (SSSR count). The van der Waals surface area contributed by atoms with Gasteiger partial charge < -0.3 is 5.11 Å². The molecule has 1 nitrogen and oxygen atoms in total. The molecular formula is C9H5BrF4O. The summed E-state index contributed by atoms with van der Waals surface area (Å²) in [7, 11) is 0. The summed E-state index contributed by atoms with van der Waals surface area (Å²) in [6.45, 7) is 3.06. The molecule has 0 bridgehead atoms. The Hall–Kier alpha value is -0.880. The van der Waals surface area contributed by atoms with Crippen LogP contribution < -0.4 is 0 Å². The Labute approximate surface area is 91.2 Å². The van der Waals surface area contributed by atoms with Crippen LogP contribution in [0.25, 0.3) is 0 Å². The van der Waals surface area contributed by atoms with Gasteiger partial charge in [-0.1, -0.05) is 6.08 Å². The van der Waals surface area contributed by atoms with Gasteiger partial charge in [0.15, 0.2) is 23.3 Å². The maximum atomic E-state index is 13.1. The molecule has 0 aliphatic carbocycles. The van der Waals surface area contributed by atoms with E-state index >= 15 is 0 Å². The lowest BCUT2D eigenvalue weighted by Gasteiger charge is -2.11. The highest BCUT2D eigenvalue weighted by molar-refractivity contribution is 9.10. The SMILES string of the molecule is C=CC(O)c1c(F)c(F)c(Br)c(F)c1F. The molecule has 0 spiro atoms. The monoisotopic (exact) mass is 284 g/mol. The van der Waals surface area contributed by atoms with Gasteiger partial charge in [0.05, 0.1) is 10.0 Å². The lowest BCUT2D eigenvalue weighted by atomic mass is 10.1. The van der Waals surface area contributed by atoms with Crippen molar-refractivity contribution in [1.82, 2.24) is 0 Å². The van der Waals surface area contributed by atoms with E-state index in [0.29, 0.717) is 0 Å². The van der Waals surface area contributed by atoms with Gasteiger partial charge in [-0.15, -0.1) is 6.58 Å². The predicted molar refractivity (Wildman–Crippen MR) is 49.1 cm³/mol. The van der Waals surface area contributed by atoms with Crippen molar-refractivity contribution in [2.45, 2.75) is 6.10 Å². The zero-order chi connectivity index (χ0) is 11.7. The molecule has 0 aliphatic rings. The first-order valence-corrected chi connectivity index (χ1v) is 4.53. The van der Waals surface area contributed by atoms with Crippen molar-refractivity contribution >= 4 is 15.9 Å². The van der Waals surface area contributed by atoms with E-state index in [4.69, 9.17) is 5.11 Å². The Balaban J connectivity index is 3.59. The van der Waals surface area contributed by atoms with Gasteiger partial charge in [0, 0.05) is 0 Å². The standard InChI is InChI=1S/C9H5BrF4O/c1-2-3(15)4-6(11)8(13)5(10)9(14)7(4)12/h2-3,15H,1H2. The molecule has 0 aromatic heterocycles. The molecule has 1 unspecified atom stereocenters. The summed E-state index contributed by atoms with van der Waals surface area (Å²) < 4.78 is 51.2. The van der Waals surface area contributed by atoms with E-state index < -0.39 is 39.4 Å². The summed E-state index contributed by atoms with van der Waals surface area (Å²) in [5.41, 5.74) is -1.09. The summed E-state index contributed by atoms with van der Waals surface area (Å²) in [4.78, 5) is 0. The van der Waals surface area contributed by atoms with Crippen LogP contribution in [0.2, 0.25) is 0 Å². The van der Waals surface area contributed by atoms with Crippen molar-refractivity contribution in [3.8, 4) is 0 Å². The molecule has 1 aromatic rings. The molecule has 0 aliphatic heterocycles. The highest BCUT2D eigenvalue weighted by Crippen LogP contribution is 2.31. The Morgan fingerprint density at radius 2 is 1.47 bits per heavy atom. The van der Waals surface area contributed by atoms with E-state index in [1.807, 2.05) is 0 Å². The summed E-state index contributed by atoms with van der Waals surface area (Å²) in [6.07, 6.45) is -1.05. The fourth-order valence-corrected chi connectivity index (χ4v) is 1.35. The first-order valence-electron chi connectivity index (χ1n) is 3.73. The summed E-state index contributed by atoms with van der Waals surface area (Å²) in [6, 6.07) is 0. The lowest BCUT2D eigenvalue weighted by Crippen LogP contribution is -2.08. The van der Waals surface area contributed by atoms with Crippen molar-refractivity contribution in [3.63, 3.8) is 0 Å². The molecule has 1 aromatic carbocycles. The quantitative estimate of drug-likeness (QED) is 0.383. The van der Waals surface area contributed by atoms with Crippen molar-refractivity contribution in [3.05, 3.63) is 46.0 Å². The molecule has 82 valence electrons. The maximum Gasteiger partial charge on any atom is 0.176 e. The summed E-state index contributed by atoms with van der Waals surface area (Å²) >= 11 is 2.35. The molecule has 0 fully saturated rings. The molecule has 15 heavy (non-hydrogen) atoms. The van der Waals surface area contributed by atoms with E-state index in [0.717, 1.165) is 6.08 Å². The molecule has 0 heterocycles. The van der Waals surface area contributed by atoms with Crippen molar-refractivity contribution in [1.29, 1.82) is 0 Å². The topological polar surface area (TPSA) is 20.2 Å². The molecular weight excluding hydrogens is 280 g/mol. The second-order valence-corrected chi connectivity index (χ2v) is 3.46. The smallest absolute Gasteiger partial charge is 0.176 e. The van der Waals surface area contributed by atoms with Crippen LogP contribution in [-0.4, -0.2) is 5.11 Å². The van der Waals surface area contributed by atoms with Gasteiger partial charge in [0.25, 0.3) is 0 Å². The Morgan fingerprint density at radius 3 is 1.80 bits per heavy atom. The lowest BCUT2D eigenvalue weighted by molar-refractivity contribution is 0.213. The van der Waals surface area contributed by atoms with E-state index in [1.54, 1.807) is 0 Å². The van der Waals surface area contributed by atoms with Crippen LogP contribution >= 0.6 is 15.9 Å². The number of benzene rings is 1. The second kappa shape index (κ2) is 4.32. The average Bonchev–Trinajstić information content (AvgIpc) is 2.23. The van der Waals surface area contributed by atoms with Crippen molar-refractivity contribution in [2.24, 2.45) is 0 Å². The minimum atomic E-state index is -1.80. The zero-order valence-corrected chi connectivity index (χ0v) is 8.78. The highest BCUT2D eigenvalue weighted by Gasteiger charge is 2.26. The van der Waals surface area contributed by atoms with Gasteiger partial charge in [0.1, 0.15) is 6.10 Å².